The molecule has 0 spiro atoms. The Balaban J connectivity index is 1.47. The highest BCUT2D eigenvalue weighted by Crippen LogP contribution is 2.34. The van der Waals surface area contributed by atoms with Crippen molar-refractivity contribution in [2.24, 2.45) is 4.99 Å². The fraction of sp³-hybridized carbons (Fsp3) is 0.115. The third-order valence-corrected chi connectivity index (χ3v) is 7.01. The number of aryl methyl sites for hydroxylation is 1. The number of carboxylic acid groups (broad SMARTS) is 1. The van der Waals surface area contributed by atoms with Crippen molar-refractivity contribution in [1.82, 2.24) is 4.90 Å². The van der Waals surface area contributed by atoms with Crippen molar-refractivity contribution in [3.63, 3.8) is 0 Å². The molecule has 1 aliphatic heterocycles. The second-order valence-electron chi connectivity index (χ2n) is 7.69. The number of carbonyl (C=O) groups is 2. The average molecular weight is 584 g/mol. The van der Waals surface area contributed by atoms with Crippen molar-refractivity contribution in [3.8, 4) is 5.75 Å². The lowest BCUT2D eigenvalue weighted by Gasteiger charge is -2.09. The molecule has 3 aromatic rings. The summed E-state index contributed by atoms with van der Waals surface area (Å²) in [6.07, 6.45) is 1.84. The number of likely N-dealkylation sites (N-methyl/N-ethyl adjacent to an activating group) is 1. The summed E-state index contributed by atoms with van der Waals surface area (Å²) >= 11 is 3.52. The normalized spacial score (nSPS) is 15.9. The lowest BCUT2D eigenvalue weighted by Crippen LogP contribution is -2.23. The van der Waals surface area contributed by atoms with E-state index in [1.165, 1.54) is 34.4 Å². The molecule has 6 nitrogen and oxygen atoms in total. The van der Waals surface area contributed by atoms with Crippen LogP contribution in [0.15, 0.2) is 76.6 Å². The predicted molar refractivity (Wildman–Crippen MR) is 144 cm³/mol. The lowest BCUT2D eigenvalue weighted by molar-refractivity contribution is -0.121. The fourth-order valence-electron chi connectivity index (χ4n) is 3.16. The summed E-state index contributed by atoms with van der Waals surface area (Å²) in [5, 5.41) is 9.57. The van der Waals surface area contributed by atoms with Crippen LogP contribution in [0.1, 0.15) is 27.0 Å². The van der Waals surface area contributed by atoms with E-state index in [-0.39, 0.29) is 11.5 Å². The van der Waals surface area contributed by atoms with E-state index in [1.54, 1.807) is 19.2 Å². The number of ether oxygens (including phenoxy) is 1. The zero-order valence-corrected chi connectivity index (χ0v) is 21.5. The third-order valence-electron chi connectivity index (χ3n) is 5.11. The monoisotopic (exact) mass is 584 g/mol. The standard InChI is InChI=1S/C26H21IN2O4S/c1-16-3-5-17(6-4-16)15-33-22-12-7-18(13-21(22)27)14-23-24(30)29(2)26(34-23)28-20-10-8-19(9-11-20)25(31)32/h3-14H,15H2,1-2H3,(H,31,32)/b23-14-,28-26?. The van der Waals surface area contributed by atoms with Crippen LogP contribution in [0.25, 0.3) is 6.08 Å². The molecule has 1 heterocycles. The van der Waals surface area contributed by atoms with Gasteiger partial charge in [0.2, 0.25) is 0 Å². The molecule has 34 heavy (non-hydrogen) atoms. The van der Waals surface area contributed by atoms with Gasteiger partial charge in [0.05, 0.1) is 19.7 Å². The van der Waals surface area contributed by atoms with E-state index in [0.717, 1.165) is 20.4 Å². The number of aliphatic imine (C=N–C) groups is 1. The number of carboxylic acids is 1. The number of rotatable bonds is 6. The molecular weight excluding hydrogens is 563 g/mol. The Morgan fingerprint density at radius 3 is 2.47 bits per heavy atom. The van der Waals surface area contributed by atoms with Crippen molar-refractivity contribution in [3.05, 3.63) is 97.5 Å². The quantitative estimate of drug-likeness (QED) is 0.280. The van der Waals surface area contributed by atoms with Crippen molar-refractivity contribution in [2.45, 2.75) is 13.5 Å². The smallest absolute Gasteiger partial charge is 0.335 e. The van der Waals surface area contributed by atoms with Crippen LogP contribution in [0.4, 0.5) is 5.69 Å². The Bertz CT molecular complexity index is 1300. The maximum atomic E-state index is 12.7. The molecule has 4 rings (SSSR count). The van der Waals surface area contributed by atoms with Crippen LogP contribution in [0, 0.1) is 10.5 Å². The number of nitrogens with zero attached hydrogens (tertiary/aromatic N) is 2. The molecule has 0 aromatic heterocycles. The number of amides is 1. The van der Waals surface area contributed by atoms with Crippen LogP contribution in [-0.4, -0.2) is 34.1 Å². The first kappa shape index (κ1) is 24.0. The van der Waals surface area contributed by atoms with Gasteiger partial charge >= 0.3 is 5.97 Å². The van der Waals surface area contributed by atoms with Gasteiger partial charge in [0, 0.05) is 7.05 Å². The first-order chi connectivity index (χ1) is 16.3. The van der Waals surface area contributed by atoms with E-state index in [4.69, 9.17) is 9.84 Å². The van der Waals surface area contributed by atoms with Crippen LogP contribution >= 0.6 is 34.4 Å². The molecule has 0 bridgehead atoms. The van der Waals surface area contributed by atoms with Gasteiger partial charge in [-0.05, 0) is 94.9 Å². The van der Waals surface area contributed by atoms with E-state index in [9.17, 15) is 9.59 Å². The summed E-state index contributed by atoms with van der Waals surface area (Å²) < 4.78 is 6.92. The highest BCUT2D eigenvalue weighted by molar-refractivity contribution is 14.1. The van der Waals surface area contributed by atoms with Gasteiger partial charge < -0.3 is 9.84 Å². The summed E-state index contributed by atoms with van der Waals surface area (Å²) in [5.41, 5.74) is 3.98. The maximum Gasteiger partial charge on any atom is 0.335 e. The fourth-order valence-corrected chi connectivity index (χ4v) is 4.84. The molecule has 1 fully saturated rings. The summed E-state index contributed by atoms with van der Waals surface area (Å²) in [5.74, 6) is -0.341. The van der Waals surface area contributed by atoms with Gasteiger partial charge in [-0.25, -0.2) is 9.79 Å². The lowest BCUT2D eigenvalue weighted by atomic mass is 10.1. The van der Waals surface area contributed by atoms with Gasteiger partial charge in [-0.2, -0.15) is 0 Å². The summed E-state index contributed by atoms with van der Waals surface area (Å²) in [4.78, 5) is 30.3. The van der Waals surface area contributed by atoms with E-state index in [2.05, 4.69) is 58.8 Å². The Hall–Kier alpha value is -3.11. The molecule has 172 valence electrons. The van der Waals surface area contributed by atoms with Crippen LogP contribution in [0.2, 0.25) is 0 Å². The summed E-state index contributed by atoms with van der Waals surface area (Å²) in [7, 11) is 1.67. The summed E-state index contributed by atoms with van der Waals surface area (Å²) in [6.45, 7) is 2.54. The number of halogens is 1. The Morgan fingerprint density at radius 2 is 1.82 bits per heavy atom. The van der Waals surface area contributed by atoms with Gasteiger partial charge in [-0.1, -0.05) is 35.9 Å². The van der Waals surface area contributed by atoms with Crippen molar-refractivity contribution < 1.29 is 19.4 Å². The molecular formula is C26H21IN2O4S. The van der Waals surface area contributed by atoms with Crippen LogP contribution in [0.3, 0.4) is 0 Å². The first-order valence-electron chi connectivity index (χ1n) is 10.4. The van der Waals surface area contributed by atoms with Gasteiger partial charge in [0.25, 0.3) is 5.91 Å². The Labute approximate surface area is 215 Å². The second-order valence-corrected chi connectivity index (χ2v) is 9.86. The number of aromatic carboxylic acids is 1. The van der Waals surface area contributed by atoms with Gasteiger partial charge in [0.15, 0.2) is 5.17 Å². The molecule has 1 N–H and O–H groups in total. The maximum absolute atomic E-state index is 12.7. The summed E-state index contributed by atoms with van der Waals surface area (Å²) in [6, 6.07) is 20.3. The zero-order valence-electron chi connectivity index (χ0n) is 18.5. The minimum absolute atomic E-state index is 0.138. The number of thioether (sulfide) groups is 1. The Morgan fingerprint density at radius 1 is 1.12 bits per heavy atom. The van der Waals surface area contributed by atoms with Crippen molar-refractivity contribution in [1.29, 1.82) is 0 Å². The Kier molecular flexibility index (Phi) is 7.38. The molecule has 8 heteroatoms. The molecule has 1 amide bonds. The average Bonchev–Trinajstić information content (AvgIpc) is 3.07. The minimum atomic E-state index is -0.992. The molecule has 1 saturated heterocycles. The van der Waals surface area contributed by atoms with Gasteiger partial charge in [0.1, 0.15) is 12.4 Å². The predicted octanol–water partition coefficient (Wildman–Crippen LogP) is 6.11. The zero-order chi connectivity index (χ0) is 24.2. The van der Waals surface area contributed by atoms with Crippen LogP contribution < -0.4 is 4.74 Å². The number of carbonyl (C=O) groups excluding carboxylic acids is 1. The van der Waals surface area contributed by atoms with Crippen LogP contribution in [0.5, 0.6) is 5.75 Å². The van der Waals surface area contributed by atoms with Gasteiger partial charge in [-0.3, -0.25) is 9.69 Å². The molecule has 0 radical (unpaired) electrons. The highest BCUT2D eigenvalue weighted by Gasteiger charge is 2.30. The SMILES string of the molecule is Cc1ccc(COc2ccc(/C=C3\SC(=Nc4ccc(C(=O)O)cc4)N(C)C3=O)cc2I)cc1. The highest BCUT2D eigenvalue weighted by atomic mass is 127. The van der Waals surface area contributed by atoms with Crippen LogP contribution in [-0.2, 0) is 11.4 Å². The van der Waals surface area contributed by atoms with Crippen molar-refractivity contribution in [2.75, 3.05) is 7.05 Å². The number of hydrogen-bond donors (Lipinski definition) is 1. The van der Waals surface area contributed by atoms with Crippen molar-refractivity contribution >= 4 is 63.2 Å². The molecule has 0 atom stereocenters. The topological polar surface area (TPSA) is 79.2 Å². The molecule has 1 aliphatic rings. The number of benzene rings is 3. The minimum Gasteiger partial charge on any atom is -0.488 e. The first-order valence-corrected chi connectivity index (χ1v) is 12.3. The van der Waals surface area contributed by atoms with Gasteiger partial charge in [-0.15, -0.1) is 0 Å². The molecule has 0 unspecified atom stereocenters. The number of hydrogen-bond acceptors (Lipinski definition) is 5. The van der Waals surface area contributed by atoms with E-state index >= 15 is 0 Å². The van der Waals surface area contributed by atoms with E-state index in [1.807, 2.05) is 24.3 Å². The largest absolute Gasteiger partial charge is 0.488 e. The third kappa shape index (κ3) is 5.68. The molecule has 0 saturated carbocycles. The van der Waals surface area contributed by atoms with E-state index < -0.39 is 5.97 Å². The second kappa shape index (κ2) is 10.4. The number of amidine groups is 1. The molecule has 3 aromatic carbocycles. The molecule has 0 aliphatic carbocycles. The van der Waals surface area contributed by atoms with E-state index in [0.29, 0.717) is 22.4 Å².